The lowest BCUT2D eigenvalue weighted by atomic mass is 10.0. The van der Waals surface area contributed by atoms with Crippen LogP contribution in [0.1, 0.15) is 24.9 Å². The Kier molecular flexibility index (Phi) is 5.31. The summed E-state index contributed by atoms with van der Waals surface area (Å²) >= 11 is 0. The third-order valence-electron chi connectivity index (χ3n) is 5.55. The van der Waals surface area contributed by atoms with Gasteiger partial charge in [-0.15, -0.1) is 5.10 Å². The van der Waals surface area contributed by atoms with Crippen LogP contribution in [0.25, 0.3) is 28.0 Å². The molecule has 11 heteroatoms. The van der Waals surface area contributed by atoms with Crippen LogP contribution < -0.4 is 5.73 Å². The van der Waals surface area contributed by atoms with Gasteiger partial charge in [0.15, 0.2) is 5.65 Å². The van der Waals surface area contributed by atoms with Gasteiger partial charge in [0.1, 0.15) is 6.54 Å². The SMILES string of the molecule is CCC(c1ccccc1)n1cc(-c2cc(-c3cnn(CC(F)(F)F)c3)n3nc(N)nc3c2)cn1. The number of fused-ring (bicyclic) bond motifs is 1. The Balaban J connectivity index is 1.56. The van der Waals surface area contributed by atoms with Gasteiger partial charge in [-0.25, -0.2) is 4.52 Å². The highest BCUT2D eigenvalue weighted by atomic mass is 19.4. The average molecular weight is 466 g/mol. The Bertz CT molecular complexity index is 1430. The van der Waals surface area contributed by atoms with Crippen LogP contribution in [0, 0.1) is 0 Å². The van der Waals surface area contributed by atoms with Gasteiger partial charge in [0, 0.05) is 23.5 Å². The summed E-state index contributed by atoms with van der Waals surface area (Å²) in [4.78, 5) is 4.25. The summed E-state index contributed by atoms with van der Waals surface area (Å²) in [6.07, 6.45) is 2.89. The molecular weight excluding hydrogens is 445 g/mol. The maximum absolute atomic E-state index is 12.8. The zero-order valence-corrected chi connectivity index (χ0v) is 18.2. The summed E-state index contributed by atoms with van der Waals surface area (Å²) in [5.41, 5.74) is 10.0. The molecule has 0 spiro atoms. The molecule has 4 aromatic heterocycles. The molecule has 0 aliphatic rings. The van der Waals surface area contributed by atoms with Crippen molar-refractivity contribution >= 4 is 11.6 Å². The lowest BCUT2D eigenvalue weighted by molar-refractivity contribution is -0.142. The zero-order chi connectivity index (χ0) is 23.9. The van der Waals surface area contributed by atoms with Crippen molar-refractivity contribution in [2.45, 2.75) is 32.1 Å². The fourth-order valence-corrected chi connectivity index (χ4v) is 4.05. The predicted octanol–water partition coefficient (Wildman–Crippen LogP) is 4.60. The normalized spacial score (nSPS) is 12.9. The molecule has 0 radical (unpaired) electrons. The molecule has 34 heavy (non-hydrogen) atoms. The molecular formula is C23H21F3N8. The lowest BCUT2D eigenvalue weighted by Gasteiger charge is -2.15. The molecule has 1 aromatic carbocycles. The maximum Gasteiger partial charge on any atom is 0.408 e. The van der Waals surface area contributed by atoms with Crippen LogP contribution in [-0.2, 0) is 6.54 Å². The van der Waals surface area contributed by atoms with E-state index in [1.54, 1.807) is 6.20 Å². The van der Waals surface area contributed by atoms with Crippen molar-refractivity contribution in [3.63, 3.8) is 0 Å². The van der Waals surface area contributed by atoms with E-state index >= 15 is 0 Å². The minimum atomic E-state index is -4.37. The van der Waals surface area contributed by atoms with Crippen LogP contribution in [0.2, 0.25) is 0 Å². The summed E-state index contributed by atoms with van der Waals surface area (Å²) in [6.45, 7) is 0.917. The monoisotopic (exact) mass is 466 g/mol. The molecule has 4 heterocycles. The van der Waals surface area contributed by atoms with Crippen LogP contribution in [-0.4, -0.2) is 40.3 Å². The van der Waals surface area contributed by atoms with Crippen LogP contribution in [0.3, 0.4) is 0 Å². The van der Waals surface area contributed by atoms with E-state index in [0.29, 0.717) is 16.9 Å². The predicted molar refractivity (Wildman–Crippen MR) is 121 cm³/mol. The Morgan fingerprint density at radius 2 is 1.74 bits per heavy atom. The van der Waals surface area contributed by atoms with Gasteiger partial charge in [-0.2, -0.15) is 28.4 Å². The number of alkyl halides is 3. The van der Waals surface area contributed by atoms with Gasteiger partial charge in [-0.05, 0) is 29.7 Å². The van der Waals surface area contributed by atoms with E-state index in [0.717, 1.165) is 27.8 Å². The molecule has 1 unspecified atom stereocenters. The molecule has 0 saturated carbocycles. The molecule has 0 amide bonds. The molecule has 1 atom stereocenters. The van der Waals surface area contributed by atoms with Crippen LogP contribution >= 0.6 is 0 Å². The van der Waals surface area contributed by atoms with Gasteiger partial charge in [0.2, 0.25) is 5.95 Å². The van der Waals surface area contributed by atoms with Crippen molar-refractivity contribution in [2.75, 3.05) is 5.73 Å². The number of rotatable bonds is 6. The summed E-state index contributed by atoms with van der Waals surface area (Å²) in [7, 11) is 0. The number of halogens is 3. The number of anilines is 1. The number of nitrogens with zero attached hydrogens (tertiary/aromatic N) is 7. The van der Waals surface area contributed by atoms with Crippen LogP contribution in [0.5, 0.6) is 0 Å². The second-order valence-corrected chi connectivity index (χ2v) is 7.95. The highest BCUT2D eigenvalue weighted by molar-refractivity contribution is 5.74. The van der Waals surface area contributed by atoms with E-state index in [4.69, 9.17) is 5.73 Å². The average Bonchev–Trinajstić information content (AvgIpc) is 3.53. The Morgan fingerprint density at radius 3 is 2.47 bits per heavy atom. The van der Waals surface area contributed by atoms with Gasteiger partial charge in [-0.3, -0.25) is 9.36 Å². The molecule has 5 aromatic rings. The van der Waals surface area contributed by atoms with Crippen molar-refractivity contribution in [3.05, 3.63) is 72.8 Å². The third kappa shape index (κ3) is 4.24. The summed E-state index contributed by atoms with van der Waals surface area (Å²) in [6, 6.07) is 13.8. The molecule has 0 aliphatic carbocycles. The summed E-state index contributed by atoms with van der Waals surface area (Å²) in [5, 5.41) is 12.6. The van der Waals surface area contributed by atoms with Crippen LogP contribution in [0.4, 0.5) is 19.1 Å². The first kappa shape index (κ1) is 21.7. The molecule has 0 saturated heterocycles. The standard InChI is InChI=1S/C23H21F3N8/c1-2-19(15-6-4-3-5-7-15)33-13-17(10-29-33)16-8-20(34-21(9-16)30-22(27)31-34)18-11-28-32(12-18)14-23(24,25)26/h3-13,19H,2,14H2,1H3,(H2,27,31). The summed E-state index contributed by atoms with van der Waals surface area (Å²) in [5.74, 6) is 0.0619. The topological polar surface area (TPSA) is 91.8 Å². The van der Waals surface area contributed by atoms with Gasteiger partial charge < -0.3 is 5.73 Å². The first-order valence-electron chi connectivity index (χ1n) is 10.7. The number of nitrogens with two attached hydrogens (primary N) is 1. The summed E-state index contributed by atoms with van der Waals surface area (Å²) < 4.78 is 42.7. The van der Waals surface area contributed by atoms with Gasteiger partial charge in [-0.1, -0.05) is 37.3 Å². The Morgan fingerprint density at radius 1 is 0.971 bits per heavy atom. The second-order valence-electron chi connectivity index (χ2n) is 7.95. The Labute approximate surface area is 192 Å². The minimum absolute atomic E-state index is 0.0619. The third-order valence-corrected chi connectivity index (χ3v) is 5.55. The van der Waals surface area contributed by atoms with E-state index in [1.807, 2.05) is 41.2 Å². The van der Waals surface area contributed by atoms with Crippen molar-refractivity contribution in [1.29, 1.82) is 0 Å². The van der Waals surface area contributed by atoms with E-state index in [9.17, 15) is 13.2 Å². The molecule has 8 nitrogen and oxygen atoms in total. The highest BCUT2D eigenvalue weighted by Crippen LogP contribution is 2.30. The van der Waals surface area contributed by atoms with Gasteiger partial charge in [0.05, 0.1) is 24.1 Å². The number of benzene rings is 1. The van der Waals surface area contributed by atoms with Crippen molar-refractivity contribution in [1.82, 2.24) is 34.2 Å². The van der Waals surface area contributed by atoms with Crippen LogP contribution in [0.15, 0.2) is 67.3 Å². The molecule has 0 fully saturated rings. The quantitative estimate of drug-likeness (QED) is 0.395. The molecule has 174 valence electrons. The number of pyridine rings is 1. The van der Waals surface area contributed by atoms with E-state index < -0.39 is 12.7 Å². The number of hydrogen-bond donors (Lipinski definition) is 1. The fourth-order valence-electron chi connectivity index (χ4n) is 4.05. The van der Waals surface area contributed by atoms with Crippen molar-refractivity contribution < 1.29 is 13.2 Å². The highest BCUT2D eigenvalue weighted by Gasteiger charge is 2.28. The largest absolute Gasteiger partial charge is 0.408 e. The molecule has 2 N–H and O–H groups in total. The van der Waals surface area contributed by atoms with E-state index in [-0.39, 0.29) is 12.0 Å². The molecule has 0 bridgehead atoms. The minimum Gasteiger partial charge on any atom is -0.366 e. The van der Waals surface area contributed by atoms with Crippen molar-refractivity contribution in [2.24, 2.45) is 0 Å². The number of hydrogen-bond acceptors (Lipinski definition) is 5. The Hall–Kier alpha value is -4.15. The lowest BCUT2D eigenvalue weighted by Crippen LogP contribution is -2.17. The second kappa shape index (κ2) is 8.32. The van der Waals surface area contributed by atoms with E-state index in [2.05, 4.69) is 39.3 Å². The van der Waals surface area contributed by atoms with Gasteiger partial charge >= 0.3 is 6.18 Å². The fraction of sp³-hybridized carbons (Fsp3) is 0.217. The number of aromatic nitrogens is 7. The first-order chi connectivity index (χ1) is 16.3. The molecule has 5 rings (SSSR count). The maximum atomic E-state index is 12.8. The first-order valence-corrected chi connectivity index (χ1v) is 10.7. The van der Waals surface area contributed by atoms with Gasteiger partial charge in [0.25, 0.3) is 0 Å². The smallest absolute Gasteiger partial charge is 0.366 e. The van der Waals surface area contributed by atoms with E-state index in [1.165, 1.54) is 16.9 Å². The number of nitrogen functional groups attached to an aromatic ring is 1. The molecule has 0 aliphatic heterocycles. The zero-order valence-electron chi connectivity index (χ0n) is 18.2. The van der Waals surface area contributed by atoms with Crippen molar-refractivity contribution in [3.8, 4) is 22.4 Å².